The van der Waals surface area contributed by atoms with Crippen LogP contribution in [0.3, 0.4) is 0 Å². The molecule has 1 amide bonds. The number of fused-ring (bicyclic) bond motifs is 1. The summed E-state index contributed by atoms with van der Waals surface area (Å²) in [5.41, 5.74) is 5.01. The summed E-state index contributed by atoms with van der Waals surface area (Å²) in [6.45, 7) is 10.2. The van der Waals surface area contributed by atoms with Gasteiger partial charge in [0.2, 0.25) is 5.91 Å². The van der Waals surface area contributed by atoms with Crippen LogP contribution in [0.1, 0.15) is 36.7 Å². The molecule has 1 aliphatic heterocycles. The number of nitrogens with one attached hydrogen (secondary N) is 1. The Morgan fingerprint density at radius 1 is 1.17 bits per heavy atom. The van der Waals surface area contributed by atoms with Crippen molar-refractivity contribution in [3.8, 4) is 5.69 Å². The van der Waals surface area contributed by atoms with Gasteiger partial charge in [-0.3, -0.25) is 4.79 Å². The van der Waals surface area contributed by atoms with Gasteiger partial charge in [0, 0.05) is 19.6 Å². The van der Waals surface area contributed by atoms with Gasteiger partial charge in [0.25, 0.3) is 0 Å². The summed E-state index contributed by atoms with van der Waals surface area (Å²) >= 11 is 0. The first-order chi connectivity index (χ1) is 14.0. The maximum Gasteiger partial charge on any atom is 0.224 e. The predicted molar refractivity (Wildman–Crippen MR) is 114 cm³/mol. The fourth-order valence-corrected chi connectivity index (χ4v) is 4.16. The molecule has 4 rings (SSSR count). The molecular formula is C22H28N6O. The summed E-state index contributed by atoms with van der Waals surface area (Å²) < 4.78 is 1.97. The molecule has 7 heteroatoms. The average Bonchev–Trinajstić information content (AvgIpc) is 3.07. The van der Waals surface area contributed by atoms with Crippen molar-refractivity contribution >= 4 is 22.6 Å². The second kappa shape index (κ2) is 7.81. The van der Waals surface area contributed by atoms with Gasteiger partial charge in [0.15, 0.2) is 5.82 Å². The number of piperidine rings is 1. The molecule has 1 unspecified atom stereocenters. The van der Waals surface area contributed by atoms with E-state index in [4.69, 9.17) is 5.10 Å². The van der Waals surface area contributed by atoms with Crippen molar-refractivity contribution in [3.05, 3.63) is 41.2 Å². The lowest BCUT2D eigenvalue weighted by Gasteiger charge is -2.32. The van der Waals surface area contributed by atoms with Gasteiger partial charge in [-0.05, 0) is 52.7 Å². The van der Waals surface area contributed by atoms with Gasteiger partial charge in [-0.1, -0.05) is 17.7 Å². The highest BCUT2D eigenvalue weighted by Gasteiger charge is 2.29. The Morgan fingerprint density at radius 2 is 1.93 bits per heavy atom. The Morgan fingerprint density at radius 3 is 2.66 bits per heavy atom. The minimum absolute atomic E-state index is 0.0258. The van der Waals surface area contributed by atoms with Crippen LogP contribution < -0.4 is 10.2 Å². The zero-order valence-corrected chi connectivity index (χ0v) is 17.6. The van der Waals surface area contributed by atoms with E-state index in [9.17, 15) is 4.79 Å². The number of carbonyl (C=O) groups is 1. The molecule has 0 spiro atoms. The third-order valence-electron chi connectivity index (χ3n) is 5.71. The molecule has 3 aromatic rings. The first kappa shape index (κ1) is 19.4. The first-order valence-corrected chi connectivity index (χ1v) is 10.3. The molecule has 152 valence electrons. The summed E-state index contributed by atoms with van der Waals surface area (Å²) in [6.07, 6.45) is 1.86. The Bertz CT molecular complexity index is 1040. The van der Waals surface area contributed by atoms with E-state index < -0.39 is 0 Å². The summed E-state index contributed by atoms with van der Waals surface area (Å²) in [4.78, 5) is 14.5. The molecule has 1 N–H and O–H groups in total. The molecular weight excluding hydrogens is 364 g/mol. The molecule has 0 bridgehead atoms. The van der Waals surface area contributed by atoms with Crippen molar-refractivity contribution in [2.24, 2.45) is 5.92 Å². The van der Waals surface area contributed by atoms with Crippen LogP contribution in [0, 0.1) is 26.7 Å². The Kier molecular flexibility index (Phi) is 5.22. The molecule has 0 aliphatic carbocycles. The number of rotatable bonds is 4. The maximum atomic E-state index is 12.4. The topological polar surface area (TPSA) is 75.9 Å². The quantitative estimate of drug-likeness (QED) is 0.738. The molecule has 2 aromatic heterocycles. The maximum absolute atomic E-state index is 12.4. The van der Waals surface area contributed by atoms with E-state index >= 15 is 0 Å². The number of hydrogen-bond acceptors (Lipinski definition) is 5. The van der Waals surface area contributed by atoms with Gasteiger partial charge in [-0.2, -0.15) is 10.2 Å². The summed E-state index contributed by atoms with van der Waals surface area (Å²) in [7, 11) is 0. The molecule has 7 nitrogen and oxygen atoms in total. The minimum atomic E-state index is -0.0258. The highest BCUT2D eigenvalue weighted by Crippen LogP contribution is 2.31. The van der Waals surface area contributed by atoms with Crippen LogP contribution in [-0.4, -0.2) is 45.5 Å². The summed E-state index contributed by atoms with van der Waals surface area (Å²) in [6, 6.07) is 8.34. The van der Waals surface area contributed by atoms with Crippen molar-refractivity contribution < 1.29 is 4.79 Å². The zero-order valence-electron chi connectivity index (χ0n) is 17.6. The van der Waals surface area contributed by atoms with Gasteiger partial charge in [0.1, 0.15) is 5.52 Å². The average molecular weight is 393 g/mol. The number of nitrogens with zero attached hydrogens (tertiary/aromatic N) is 5. The third kappa shape index (κ3) is 3.57. The highest BCUT2D eigenvalue weighted by molar-refractivity contribution is 5.92. The molecule has 0 saturated carbocycles. The van der Waals surface area contributed by atoms with Crippen LogP contribution in [0.5, 0.6) is 0 Å². The van der Waals surface area contributed by atoms with Crippen LogP contribution in [0.4, 0.5) is 5.82 Å². The molecule has 1 aliphatic rings. The second-order valence-corrected chi connectivity index (χ2v) is 7.85. The summed E-state index contributed by atoms with van der Waals surface area (Å²) in [5.74, 6) is 0.866. The number of aryl methyl sites for hydroxylation is 3. The van der Waals surface area contributed by atoms with Crippen molar-refractivity contribution in [2.45, 2.75) is 40.5 Å². The van der Waals surface area contributed by atoms with Crippen LogP contribution in [-0.2, 0) is 4.79 Å². The molecule has 1 saturated heterocycles. The SMILES string of the molecule is CCNC(=O)C1CCCN(c2nnc(C)c3c(C)n(-c4ccc(C)cc4)nc23)C1. The van der Waals surface area contributed by atoms with E-state index in [0.29, 0.717) is 13.1 Å². The minimum Gasteiger partial charge on any atom is -0.356 e. The van der Waals surface area contributed by atoms with Crippen LogP contribution >= 0.6 is 0 Å². The van der Waals surface area contributed by atoms with Gasteiger partial charge >= 0.3 is 0 Å². The standard InChI is InChI=1S/C22H28N6O/c1-5-23-22(29)17-7-6-12-27(13-17)21-20-19(15(3)24-25-21)16(4)28(26-20)18-10-8-14(2)9-11-18/h8-11,17H,5-7,12-13H2,1-4H3,(H,23,29). The van der Waals surface area contributed by atoms with Crippen LogP contribution in [0.2, 0.25) is 0 Å². The highest BCUT2D eigenvalue weighted by atomic mass is 16.1. The van der Waals surface area contributed by atoms with E-state index in [0.717, 1.165) is 53.2 Å². The van der Waals surface area contributed by atoms with Gasteiger partial charge in [0.05, 0.1) is 28.4 Å². The number of amides is 1. The number of aromatic nitrogens is 4. The monoisotopic (exact) mass is 392 g/mol. The molecule has 29 heavy (non-hydrogen) atoms. The van der Waals surface area contributed by atoms with E-state index in [1.165, 1.54) is 5.56 Å². The number of benzene rings is 1. The molecule has 1 fully saturated rings. The molecule has 0 radical (unpaired) electrons. The first-order valence-electron chi connectivity index (χ1n) is 10.3. The van der Waals surface area contributed by atoms with Gasteiger partial charge in [-0.15, -0.1) is 5.10 Å². The normalized spacial score (nSPS) is 17.0. The van der Waals surface area contributed by atoms with Gasteiger partial charge < -0.3 is 10.2 Å². The molecule has 1 aromatic carbocycles. The van der Waals surface area contributed by atoms with Crippen molar-refractivity contribution in [2.75, 3.05) is 24.5 Å². The lowest BCUT2D eigenvalue weighted by Crippen LogP contribution is -2.43. The lowest BCUT2D eigenvalue weighted by atomic mass is 9.97. The summed E-state index contributed by atoms with van der Waals surface area (Å²) in [5, 5.41) is 17.8. The molecule has 1 atom stereocenters. The van der Waals surface area contributed by atoms with Crippen molar-refractivity contribution in [1.82, 2.24) is 25.3 Å². The van der Waals surface area contributed by atoms with Gasteiger partial charge in [-0.25, -0.2) is 4.68 Å². The molecule has 3 heterocycles. The fraction of sp³-hybridized carbons (Fsp3) is 0.455. The number of hydrogen-bond donors (Lipinski definition) is 1. The smallest absolute Gasteiger partial charge is 0.224 e. The van der Waals surface area contributed by atoms with Crippen LogP contribution in [0.15, 0.2) is 24.3 Å². The largest absolute Gasteiger partial charge is 0.356 e. The number of anilines is 1. The third-order valence-corrected chi connectivity index (χ3v) is 5.71. The zero-order chi connectivity index (χ0) is 20.5. The van der Waals surface area contributed by atoms with E-state index in [1.807, 2.05) is 18.5 Å². The Hall–Kier alpha value is -2.96. The fourth-order valence-electron chi connectivity index (χ4n) is 4.16. The predicted octanol–water partition coefficient (Wildman–Crippen LogP) is 3.09. The Balaban J connectivity index is 1.76. The lowest BCUT2D eigenvalue weighted by molar-refractivity contribution is -0.125. The number of carbonyl (C=O) groups excluding carboxylic acids is 1. The van der Waals surface area contributed by atoms with E-state index in [-0.39, 0.29) is 11.8 Å². The van der Waals surface area contributed by atoms with E-state index in [1.54, 1.807) is 0 Å². The van der Waals surface area contributed by atoms with Crippen molar-refractivity contribution in [1.29, 1.82) is 0 Å². The van der Waals surface area contributed by atoms with Crippen LogP contribution in [0.25, 0.3) is 16.6 Å². The second-order valence-electron chi connectivity index (χ2n) is 7.85. The van der Waals surface area contributed by atoms with Crippen molar-refractivity contribution in [3.63, 3.8) is 0 Å². The Labute approximate surface area is 171 Å². The van der Waals surface area contributed by atoms with E-state index in [2.05, 4.69) is 58.5 Å².